The number of nitrogens with zero attached hydrogens (tertiary/aromatic N) is 4. The Morgan fingerprint density at radius 1 is 1.32 bits per heavy atom. The lowest BCUT2D eigenvalue weighted by Crippen LogP contribution is -2.42. The molecular weight excluding hydrogens is 346 g/mol. The average molecular weight is 367 g/mol. The van der Waals surface area contributed by atoms with E-state index in [1.54, 1.807) is 14.5 Å². The van der Waals surface area contributed by atoms with E-state index in [0.29, 0.717) is 31.2 Å². The van der Waals surface area contributed by atoms with Gasteiger partial charge in [-0.25, -0.2) is 13.6 Å². The number of hydrogen-bond acceptors (Lipinski definition) is 5. The van der Waals surface area contributed by atoms with Gasteiger partial charge in [0.1, 0.15) is 4.90 Å². The van der Waals surface area contributed by atoms with Crippen LogP contribution in [0.1, 0.15) is 25.0 Å². The Morgan fingerprint density at radius 2 is 2.08 bits per heavy atom. The fourth-order valence-corrected chi connectivity index (χ4v) is 4.32. The Morgan fingerprint density at radius 3 is 2.76 bits per heavy atom. The Hall–Kier alpha value is -1.94. The number of rotatable bonds is 4. The van der Waals surface area contributed by atoms with Gasteiger partial charge in [-0.05, 0) is 18.8 Å². The first-order valence-electron chi connectivity index (χ1n) is 8.47. The van der Waals surface area contributed by atoms with E-state index in [4.69, 9.17) is 5.14 Å². The van der Waals surface area contributed by atoms with Crippen LogP contribution in [-0.4, -0.2) is 59.4 Å². The molecule has 10 heteroatoms. The number of hydrogen-bond donors (Lipinski definition) is 1. The molecule has 2 aliphatic heterocycles. The molecular formula is C15H21N5O4S. The second-order valence-corrected chi connectivity index (χ2v) is 8.66. The van der Waals surface area contributed by atoms with Gasteiger partial charge in [0.25, 0.3) is 0 Å². The average Bonchev–Trinajstić information content (AvgIpc) is 3.13. The molecule has 1 saturated heterocycles. The molecule has 2 fully saturated rings. The van der Waals surface area contributed by atoms with Crippen LogP contribution in [0.4, 0.5) is 0 Å². The highest BCUT2D eigenvalue weighted by Crippen LogP contribution is 2.32. The largest absolute Gasteiger partial charge is 0.342 e. The predicted molar refractivity (Wildman–Crippen MR) is 86.4 cm³/mol. The van der Waals surface area contributed by atoms with E-state index in [1.165, 1.54) is 6.20 Å². The number of likely N-dealkylation sites (tertiary alicyclic amines) is 1. The van der Waals surface area contributed by atoms with Crippen LogP contribution < -0.4 is 5.14 Å². The van der Waals surface area contributed by atoms with Crippen molar-refractivity contribution in [2.75, 3.05) is 19.6 Å². The number of nitrogens with two attached hydrogens (primary N) is 1. The summed E-state index contributed by atoms with van der Waals surface area (Å²) in [7, 11) is -3.88. The minimum Gasteiger partial charge on any atom is -0.342 e. The summed E-state index contributed by atoms with van der Waals surface area (Å²) in [6.45, 7) is 2.24. The van der Waals surface area contributed by atoms with E-state index >= 15 is 0 Å². The molecule has 1 aromatic rings. The van der Waals surface area contributed by atoms with Crippen molar-refractivity contribution in [3.05, 3.63) is 11.9 Å². The summed E-state index contributed by atoms with van der Waals surface area (Å²) in [6.07, 6.45) is 3.79. The first-order valence-corrected chi connectivity index (χ1v) is 10.0. The highest BCUT2D eigenvalue weighted by atomic mass is 32.2. The molecule has 1 aliphatic carbocycles. The first-order chi connectivity index (χ1) is 11.8. The smallest absolute Gasteiger partial charge is 0.241 e. The van der Waals surface area contributed by atoms with Gasteiger partial charge in [0, 0.05) is 26.1 Å². The zero-order valence-corrected chi connectivity index (χ0v) is 14.6. The number of carbonyl (C=O) groups excluding carboxylic acids is 2. The van der Waals surface area contributed by atoms with Gasteiger partial charge in [-0.15, -0.1) is 0 Å². The summed E-state index contributed by atoms with van der Waals surface area (Å²) < 4.78 is 24.9. The van der Waals surface area contributed by atoms with Gasteiger partial charge in [-0.3, -0.25) is 14.3 Å². The van der Waals surface area contributed by atoms with E-state index in [1.807, 2.05) is 0 Å². The molecule has 0 radical (unpaired) electrons. The monoisotopic (exact) mass is 367 g/mol. The van der Waals surface area contributed by atoms with Gasteiger partial charge in [0.2, 0.25) is 21.8 Å². The molecule has 1 unspecified atom stereocenters. The molecule has 0 aromatic carbocycles. The van der Waals surface area contributed by atoms with E-state index in [0.717, 1.165) is 19.4 Å². The maximum Gasteiger partial charge on any atom is 0.241 e. The first kappa shape index (κ1) is 16.5. The van der Waals surface area contributed by atoms with Crippen LogP contribution in [0.3, 0.4) is 0 Å². The molecule has 1 saturated carbocycles. The number of primary sulfonamides is 1. The molecule has 1 atom stereocenters. The van der Waals surface area contributed by atoms with Crippen molar-refractivity contribution < 1.29 is 18.0 Å². The van der Waals surface area contributed by atoms with Crippen LogP contribution in [0.15, 0.2) is 11.1 Å². The number of aromatic nitrogens is 2. The number of sulfonamides is 1. The van der Waals surface area contributed by atoms with Crippen molar-refractivity contribution in [1.29, 1.82) is 0 Å². The van der Waals surface area contributed by atoms with E-state index in [-0.39, 0.29) is 35.6 Å². The molecule has 0 spiro atoms. The molecule has 136 valence electrons. The van der Waals surface area contributed by atoms with Crippen LogP contribution in [-0.2, 0) is 32.7 Å². The Kier molecular flexibility index (Phi) is 3.84. The third-order valence-corrected chi connectivity index (χ3v) is 6.14. The summed E-state index contributed by atoms with van der Waals surface area (Å²) >= 11 is 0. The van der Waals surface area contributed by atoms with Gasteiger partial charge < -0.3 is 9.80 Å². The fourth-order valence-electron chi connectivity index (χ4n) is 3.63. The summed E-state index contributed by atoms with van der Waals surface area (Å²) in [4.78, 5) is 28.3. The summed E-state index contributed by atoms with van der Waals surface area (Å²) in [6, 6.07) is 0. The zero-order chi connectivity index (χ0) is 17.8. The van der Waals surface area contributed by atoms with Crippen molar-refractivity contribution in [1.82, 2.24) is 19.6 Å². The van der Waals surface area contributed by atoms with E-state index in [9.17, 15) is 18.0 Å². The topological polar surface area (TPSA) is 119 Å². The number of fused-ring (bicyclic) bond motifs is 1. The van der Waals surface area contributed by atoms with Gasteiger partial charge in [0.15, 0.2) is 0 Å². The van der Waals surface area contributed by atoms with Crippen LogP contribution in [0.25, 0.3) is 0 Å². The van der Waals surface area contributed by atoms with Crippen molar-refractivity contribution in [3.8, 4) is 0 Å². The lowest BCUT2D eigenvalue weighted by molar-refractivity contribution is -0.137. The van der Waals surface area contributed by atoms with Crippen molar-refractivity contribution in [2.24, 2.45) is 17.0 Å². The standard InChI is InChI=1S/C15H21N5O4S/c16-25(23,24)13-6-17-20-4-3-18(9-12(13)20)15(22)11-5-14(21)19(8-11)7-10-1-2-10/h6,10-11H,1-5,7-9H2,(H2,16,23,24). The molecule has 3 heterocycles. The fraction of sp³-hybridized carbons (Fsp3) is 0.667. The number of amides is 2. The minimum atomic E-state index is -3.88. The third kappa shape index (κ3) is 3.15. The normalized spacial score (nSPS) is 23.9. The molecule has 1 aromatic heterocycles. The molecule has 0 bridgehead atoms. The molecule has 25 heavy (non-hydrogen) atoms. The molecule has 2 N–H and O–H groups in total. The van der Waals surface area contributed by atoms with Crippen LogP contribution in [0.2, 0.25) is 0 Å². The van der Waals surface area contributed by atoms with Gasteiger partial charge in [0.05, 0.1) is 30.9 Å². The Labute approximate surface area is 145 Å². The predicted octanol–water partition coefficient (Wildman–Crippen LogP) is -0.869. The maximum absolute atomic E-state index is 12.8. The van der Waals surface area contributed by atoms with Crippen molar-refractivity contribution >= 4 is 21.8 Å². The van der Waals surface area contributed by atoms with E-state index < -0.39 is 10.0 Å². The van der Waals surface area contributed by atoms with Crippen molar-refractivity contribution in [3.63, 3.8) is 0 Å². The van der Waals surface area contributed by atoms with Gasteiger partial charge in [-0.1, -0.05) is 0 Å². The van der Waals surface area contributed by atoms with Gasteiger partial charge >= 0.3 is 0 Å². The molecule has 9 nitrogen and oxygen atoms in total. The van der Waals surface area contributed by atoms with Crippen molar-refractivity contribution in [2.45, 2.75) is 37.2 Å². The van der Waals surface area contributed by atoms with Gasteiger partial charge in [-0.2, -0.15) is 5.10 Å². The Balaban J connectivity index is 1.47. The van der Waals surface area contributed by atoms with Crippen LogP contribution in [0.5, 0.6) is 0 Å². The summed E-state index contributed by atoms with van der Waals surface area (Å²) in [5, 5.41) is 9.26. The second-order valence-electron chi connectivity index (χ2n) is 7.13. The second kappa shape index (κ2) is 5.80. The van der Waals surface area contributed by atoms with E-state index in [2.05, 4.69) is 5.10 Å². The number of carbonyl (C=O) groups is 2. The highest BCUT2D eigenvalue weighted by molar-refractivity contribution is 7.89. The van der Waals surface area contributed by atoms with Crippen LogP contribution in [0, 0.1) is 11.8 Å². The maximum atomic E-state index is 12.8. The third-order valence-electron chi connectivity index (χ3n) is 5.19. The Bertz CT molecular complexity index is 829. The SMILES string of the molecule is NS(=O)(=O)c1cnn2c1CN(C(=O)C1CC(=O)N(CC3CC3)C1)CC2. The summed E-state index contributed by atoms with van der Waals surface area (Å²) in [5.74, 6) is 0.190. The van der Waals surface area contributed by atoms with Crippen LogP contribution >= 0.6 is 0 Å². The lowest BCUT2D eigenvalue weighted by atomic mass is 10.1. The molecule has 2 amide bonds. The molecule has 4 rings (SSSR count). The quantitative estimate of drug-likeness (QED) is 0.742. The zero-order valence-electron chi connectivity index (χ0n) is 13.8. The summed E-state index contributed by atoms with van der Waals surface area (Å²) in [5.41, 5.74) is 0.432. The molecule has 3 aliphatic rings. The lowest BCUT2D eigenvalue weighted by Gasteiger charge is -2.30. The minimum absolute atomic E-state index is 0.0390. The highest BCUT2D eigenvalue weighted by Gasteiger charge is 2.39.